The Labute approximate surface area is 371 Å². The molecule has 0 N–H and O–H groups in total. The van der Waals surface area contributed by atoms with Gasteiger partial charge in [-0.05, 0) is 44.4 Å². The van der Waals surface area contributed by atoms with Gasteiger partial charge in [-0.3, -0.25) is 0 Å². The first-order valence-corrected chi connectivity index (χ1v) is 27.0. The van der Waals surface area contributed by atoms with Crippen LogP contribution in [0.5, 0.6) is 0 Å². The van der Waals surface area contributed by atoms with Gasteiger partial charge in [-0.2, -0.15) is 0 Å². The summed E-state index contributed by atoms with van der Waals surface area (Å²) in [6, 6.07) is 0. The van der Waals surface area contributed by atoms with E-state index in [-0.39, 0.29) is 12.1 Å². The lowest BCUT2D eigenvalue weighted by Crippen LogP contribution is -2.30. The van der Waals surface area contributed by atoms with Crippen LogP contribution in [0.1, 0.15) is 291 Å². The molecule has 0 aliphatic rings. The maximum Gasteiger partial charge on any atom is 0.333 e. The van der Waals surface area contributed by atoms with Gasteiger partial charge in [0.25, 0.3) is 0 Å². The lowest BCUT2D eigenvalue weighted by molar-refractivity contribution is -0.152. The molecule has 0 saturated heterocycles. The molecule has 0 rings (SSSR count). The zero-order chi connectivity index (χ0) is 43.1. The van der Waals surface area contributed by atoms with Gasteiger partial charge in [0, 0.05) is 18.8 Å². The summed E-state index contributed by atoms with van der Waals surface area (Å²) in [5, 5.41) is 0. The largest absolute Gasteiger partial charge is 0.454 e. The molecular formula is C55H108O4. The summed E-state index contributed by atoms with van der Waals surface area (Å²) in [6.07, 6.45) is 53.9. The second-order valence-corrected chi connectivity index (χ2v) is 19.1. The van der Waals surface area contributed by atoms with E-state index in [0.717, 1.165) is 13.2 Å². The molecule has 4 heteroatoms. The monoisotopic (exact) mass is 833 g/mol. The number of hydrogen-bond donors (Lipinski definition) is 0. The summed E-state index contributed by atoms with van der Waals surface area (Å²) >= 11 is 0. The molecule has 0 bridgehead atoms. The summed E-state index contributed by atoms with van der Waals surface area (Å²) in [7, 11) is 0. The molecule has 0 saturated carbocycles. The Morgan fingerprint density at radius 2 is 0.576 bits per heavy atom. The zero-order valence-electron chi connectivity index (χ0n) is 41.2. The van der Waals surface area contributed by atoms with Crippen LogP contribution in [-0.4, -0.2) is 38.5 Å². The fraction of sp³-hybridized carbons (Fsp3) is 0.945. The van der Waals surface area contributed by atoms with Crippen LogP contribution in [0.2, 0.25) is 0 Å². The smallest absolute Gasteiger partial charge is 0.333 e. The number of rotatable bonds is 50. The van der Waals surface area contributed by atoms with Gasteiger partial charge in [-0.15, -0.1) is 0 Å². The number of unbranched alkanes of at least 4 members (excludes halogenated alkanes) is 32. The molecule has 0 aromatic rings. The predicted octanol–water partition coefficient (Wildman–Crippen LogP) is 18.4. The van der Waals surface area contributed by atoms with Crippen LogP contribution in [-0.2, 0) is 19.0 Å². The molecule has 2 atom stereocenters. The summed E-state index contributed by atoms with van der Waals surface area (Å²) in [4.78, 5) is 12.7. The van der Waals surface area contributed by atoms with Gasteiger partial charge in [0.1, 0.15) is 6.10 Å². The molecule has 4 nitrogen and oxygen atoms in total. The molecule has 0 aliphatic carbocycles. The molecule has 0 amide bonds. The predicted molar refractivity (Wildman–Crippen MR) is 261 cm³/mol. The third kappa shape index (κ3) is 43.6. The van der Waals surface area contributed by atoms with E-state index in [1.807, 2.05) is 0 Å². The van der Waals surface area contributed by atoms with Gasteiger partial charge in [0.05, 0.1) is 13.2 Å². The van der Waals surface area contributed by atoms with Crippen LogP contribution in [0.15, 0.2) is 12.2 Å². The van der Waals surface area contributed by atoms with Crippen molar-refractivity contribution in [1.29, 1.82) is 0 Å². The normalized spacial score (nSPS) is 13.2. The topological polar surface area (TPSA) is 44.8 Å². The van der Waals surface area contributed by atoms with E-state index in [1.165, 1.54) is 257 Å². The Balaban J connectivity index is 5.04. The van der Waals surface area contributed by atoms with Gasteiger partial charge in [0.2, 0.25) is 0 Å². The molecule has 0 aliphatic heterocycles. The van der Waals surface area contributed by atoms with Crippen LogP contribution in [0, 0.1) is 11.8 Å². The van der Waals surface area contributed by atoms with E-state index >= 15 is 0 Å². The number of carbonyl (C=O) groups is 1. The lowest BCUT2D eigenvalue weighted by Gasteiger charge is -2.23. The Bertz CT molecular complexity index is 787. The number of carbonyl (C=O) groups excluding carboxylic acids is 1. The van der Waals surface area contributed by atoms with E-state index in [9.17, 15) is 4.79 Å². The highest BCUT2D eigenvalue weighted by molar-refractivity contribution is 5.87. The second-order valence-electron chi connectivity index (χ2n) is 19.1. The molecule has 0 radical (unpaired) electrons. The third-order valence-electron chi connectivity index (χ3n) is 12.8. The van der Waals surface area contributed by atoms with Crippen molar-refractivity contribution >= 4 is 5.97 Å². The molecule has 0 heterocycles. The summed E-state index contributed by atoms with van der Waals surface area (Å²) in [6.45, 7) is 17.1. The zero-order valence-corrected chi connectivity index (χ0v) is 41.2. The summed E-state index contributed by atoms with van der Waals surface area (Å²) < 4.78 is 18.8. The molecule has 2 unspecified atom stereocenters. The minimum atomic E-state index is -0.388. The standard InChI is InChI=1S/C55H108O4/c1-7-11-15-19-23-27-29-33-37-41-45-52(43-39-35-31-25-21-17-13-9-3)47-57-49-54(59-55(56)51(5)6)50-58-48-53(44-40-36-32-26-22-18-14-10-4)46-42-38-34-30-28-24-20-16-12-8-2/h52-54H,5,7-50H2,1-4,6H3. The maximum atomic E-state index is 12.7. The maximum absolute atomic E-state index is 12.7. The van der Waals surface area contributed by atoms with Crippen LogP contribution < -0.4 is 0 Å². The first-order chi connectivity index (χ1) is 29.0. The second kappa shape index (κ2) is 48.2. The number of ether oxygens (including phenoxy) is 3. The van der Waals surface area contributed by atoms with Crippen LogP contribution in [0.3, 0.4) is 0 Å². The van der Waals surface area contributed by atoms with Crippen molar-refractivity contribution in [1.82, 2.24) is 0 Å². The minimum absolute atomic E-state index is 0.330. The fourth-order valence-electron chi connectivity index (χ4n) is 8.70. The van der Waals surface area contributed by atoms with E-state index in [2.05, 4.69) is 34.3 Å². The van der Waals surface area contributed by atoms with Crippen molar-refractivity contribution in [3.63, 3.8) is 0 Å². The first-order valence-electron chi connectivity index (χ1n) is 27.0. The van der Waals surface area contributed by atoms with Crippen molar-refractivity contribution in [3.8, 4) is 0 Å². The highest BCUT2D eigenvalue weighted by Gasteiger charge is 2.19. The third-order valence-corrected chi connectivity index (χ3v) is 12.8. The van der Waals surface area contributed by atoms with Crippen molar-refractivity contribution in [2.75, 3.05) is 26.4 Å². The van der Waals surface area contributed by atoms with Crippen LogP contribution >= 0.6 is 0 Å². The van der Waals surface area contributed by atoms with Gasteiger partial charge < -0.3 is 14.2 Å². The Morgan fingerprint density at radius 1 is 0.356 bits per heavy atom. The van der Waals surface area contributed by atoms with Crippen LogP contribution in [0.4, 0.5) is 0 Å². The number of hydrogen-bond acceptors (Lipinski definition) is 4. The van der Waals surface area contributed by atoms with Crippen molar-refractivity contribution < 1.29 is 19.0 Å². The first kappa shape index (κ1) is 58.1. The van der Waals surface area contributed by atoms with E-state index in [4.69, 9.17) is 14.2 Å². The molecule has 0 fully saturated rings. The number of esters is 1. The fourth-order valence-corrected chi connectivity index (χ4v) is 8.70. The molecule has 0 aromatic carbocycles. The van der Waals surface area contributed by atoms with Gasteiger partial charge in [-0.1, -0.05) is 265 Å². The van der Waals surface area contributed by atoms with E-state index in [0.29, 0.717) is 30.6 Å². The molecule has 352 valence electrons. The molecule has 0 aromatic heterocycles. The highest BCUT2D eigenvalue weighted by atomic mass is 16.6. The summed E-state index contributed by atoms with van der Waals surface area (Å²) in [5.74, 6) is 0.836. The van der Waals surface area contributed by atoms with E-state index in [1.54, 1.807) is 6.92 Å². The van der Waals surface area contributed by atoms with Crippen LogP contribution in [0.25, 0.3) is 0 Å². The molecular weight excluding hydrogens is 725 g/mol. The quantitative estimate of drug-likeness (QED) is 0.0348. The average molecular weight is 833 g/mol. The Morgan fingerprint density at radius 3 is 0.797 bits per heavy atom. The minimum Gasteiger partial charge on any atom is -0.454 e. The Kier molecular flexibility index (Phi) is 47.5. The lowest BCUT2D eigenvalue weighted by atomic mass is 9.94. The molecule has 59 heavy (non-hydrogen) atoms. The average Bonchev–Trinajstić information content (AvgIpc) is 3.23. The van der Waals surface area contributed by atoms with Crippen molar-refractivity contribution in [2.24, 2.45) is 11.8 Å². The van der Waals surface area contributed by atoms with Gasteiger partial charge in [0.15, 0.2) is 0 Å². The highest BCUT2D eigenvalue weighted by Crippen LogP contribution is 2.23. The summed E-state index contributed by atoms with van der Waals surface area (Å²) in [5.41, 5.74) is 0.442. The van der Waals surface area contributed by atoms with Crippen molar-refractivity contribution in [3.05, 3.63) is 12.2 Å². The van der Waals surface area contributed by atoms with Gasteiger partial charge in [-0.25, -0.2) is 4.79 Å². The Hall–Kier alpha value is -0.870. The van der Waals surface area contributed by atoms with E-state index < -0.39 is 0 Å². The van der Waals surface area contributed by atoms with Gasteiger partial charge >= 0.3 is 5.97 Å². The SMILES string of the molecule is C=C(C)C(=O)OC(COCC(CCCCCCCCCC)CCCCCCCCCCCC)COCC(CCCCCCCCCC)CCCCCCCCCCCC. The van der Waals surface area contributed by atoms with Crippen molar-refractivity contribution in [2.45, 2.75) is 298 Å². The molecule has 0 spiro atoms.